The van der Waals surface area contributed by atoms with Crippen LogP contribution in [0.25, 0.3) is 0 Å². The molecule has 1 aliphatic rings. The van der Waals surface area contributed by atoms with Crippen LogP contribution in [0.15, 0.2) is 24.8 Å². The van der Waals surface area contributed by atoms with Crippen molar-refractivity contribution in [3.8, 4) is 0 Å². The summed E-state index contributed by atoms with van der Waals surface area (Å²) < 4.78 is 6.01. The molecule has 3 heteroatoms. The van der Waals surface area contributed by atoms with Gasteiger partial charge in [0.2, 0.25) is 0 Å². The fourth-order valence-electron chi connectivity index (χ4n) is 2.15. The Morgan fingerprint density at radius 1 is 1.29 bits per heavy atom. The van der Waals surface area contributed by atoms with Crippen LogP contribution in [0.3, 0.4) is 0 Å². The Morgan fingerprint density at radius 3 is 2.33 bits per heavy atom. The molecule has 0 fully saturated rings. The van der Waals surface area contributed by atoms with Gasteiger partial charge in [0.05, 0.1) is 6.10 Å². The van der Waals surface area contributed by atoms with Gasteiger partial charge in [-0.3, -0.25) is 4.79 Å². The first-order valence-corrected chi connectivity index (χ1v) is 11.8. The van der Waals surface area contributed by atoms with E-state index in [1.54, 1.807) is 6.08 Å². The molecule has 0 bridgehead atoms. The quantitative estimate of drug-likeness (QED) is 0.312. The Kier molecular flexibility index (Phi) is 11.5. The number of unbranched alkanes of at least 4 members (excludes halogenated alkanes) is 4. The monoisotopic (exact) mass is 310 g/mol. The Labute approximate surface area is 132 Å². The van der Waals surface area contributed by atoms with Gasteiger partial charge in [-0.2, -0.15) is 0 Å². The summed E-state index contributed by atoms with van der Waals surface area (Å²) in [6.07, 6.45) is 15.3. The second kappa shape index (κ2) is 11.9. The maximum atomic E-state index is 10.2. The SMILES string of the molecule is C=CC(CCCCCCC)O[Si](C)(C)C.O=C1C=CCC1. The Morgan fingerprint density at radius 2 is 1.95 bits per heavy atom. The van der Waals surface area contributed by atoms with E-state index in [1.165, 1.54) is 32.1 Å². The number of hydrogen-bond acceptors (Lipinski definition) is 2. The molecule has 0 aromatic carbocycles. The maximum absolute atomic E-state index is 10.2. The summed E-state index contributed by atoms with van der Waals surface area (Å²) in [4.78, 5) is 10.2. The first-order chi connectivity index (χ1) is 9.89. The summed E-state index contributed by atoms with van der Waals surface area (Å²) >= 11 is 0. The molecular weight excluding hydrogens is 276 g/mol. The van der Waals surface area contributed by atoms with Gasteiger partial charge in [0.15, 0.2) is 14.1 Å². The molecule has 0 heterocycles. The normalized spacial score (nSPS) is 15.5. The summed E-state index contributed by atoms with van der Waals surface area (Å²) in [6.45, 7) is 12.8. The number of carbonyl (C=O) groups is 1. The van der Waals surface area contributed by atoms with Crippen molar-refractivity contribution in [1.82, 2.24) is 0 Å². The van der Waals surface area contributed by atoms with Crippen molar-refractivity contribution in [2.24, 2.45) is 0 Å². The third kappa shape index (κ3) is 14.0. The van der Waals surface area contributed by atoms with E-state index in [4.69, 9.17) is 4.43 Å². The molecule has 0 aromatic rings. The van der Waals surface area contributed by atoms with E-state index in [-0.39, 0.29) is 5.78 Å². The molecule has 122 valence electrons. The highest BCUT2D eigenvalue weighted by Gasteiger charge is 2.18. The van der Waals surface area contributed by atoms with Gasteiger partial charge in [-0.05, 0) is 38.6 Å². The highest BCUT2D eigenvalue weighted by Crippen LogP contribution is 2.15. The average molecular weight is 311 g/mol. The van der Waals surface area contributed by atoms with Crippen molar-refractivity contribution in [3.63, 3.8) is 0 Å². The lowest BCUT2D eigenvalue weighted by atomic mass is 10.1. The van der Waals surface area contributed by atoms with Crippen LogP contribution in [0.5, 0.6) is 0 Å². The van der Waals surface area contributed by atoms with Crippen LogP contribution < -0.4 is 0 Å². The molecule has 0 spiro atoms. The summed E-state index contributed by atoms with van der Waals surface area (Å²) in [5.41, 5.74) is 0. The minimum Gasteiger partial charge on any atom is -0.411 e. The standard InChI is InChI=1S/C13H28OSi.C5H6O/c1-6-8-9-10-11-12-13(7-2)14-15(3,4)5;6-5-3-1-2-4-5/h7,13H,2,6,8-12H2,1,3-5H3;1,3H,2,4H2. The topological polar surface area (TPSA) is 26.3 Å². The van der Waals surface area contributed by atoms with E-state index in [2.05, 4.69) is 33.1 Å². The van der Waals surface area contributed by atoms with Crippen molar-refractivity contribution < 1.29 is 9.22 Å². The van der Waals surface area contributed by atoms with Crippen molar-refractivity contribution >= 4 is 14.1 Å². The van der Waals surface area contributed by atoms with Gasteiger partial charge in [0, 0.05) is 6.42 Å². The second-order valence-corrected chi connectivity index (χ2v) is 11.1. The van der Waals surface area contributed by atoms with E-state index in [0.29, 0.717) is 6.10 Å². The van der Waals surface area contributed by atoms with Crippen molar-refractivity contribution in [2.45, 2.75) is 84.0 Å². The third-order valence-electron chi connectivity index (χ3n) is 3.22. The molecule has 1 unspecified atom stereocenters. The van der Waals surface area contributed by atoms with Crippen LogP contribution >= 0.6 is 0 Å². The van der Waals surface area contributed by atoms with Gasteiger partial charge < -0.3 is 4.43 Å². The summed E-state index contributed by atoms with van der Waals surface area (Å²) in [7, 11) is -1.39. The fraction of sp³-hybridized carbons (Fsp3) is 0.722. The number of carbonyl (C=O) groups excluding carboxylic acids is 1. The molecule has 1 rings (SSSR count). The molecule has 0 amide bonds. The summed E-state index contributed by atoms with van der Waals surface area (Å²) in [5, 5.41) is 0. The van der Waals surface area contributed by atoms with E-state index in [0.717, 1.165) is 19.3 Å². The lowest BCUT2D eigenvalue weighted by molar-refractivity contribution is -0.114. The van der Waals surface area contributed by atoms with Crippen LogP contribution in [0, 0.1) is 0 Å². The van der Waals surface area contributed by atoms with Crippen LogP contribution in [0.2, 0.25) is 19.6 Å². The van der Waals surface area contributed by atoms with E-state index in [9.17, 15) is 4.79 Å². The zero-order chi connectivity index (χ0) is 16.1. The van der Waals surface area contributed by atoms with E-state index < -0.39 is 8.32 Å². The molecule has 0 aliphatic heterocycles. The fourth-order valence-corrected chi connectivity index (χ4v) is 3.27. The predicted molar refractivity (Wildman–Crippen MR) is 95.2 cm³/mol. The molecule has 1 atom stereocenters. The van der Waals surface area contributed by atoms with Crippen molar-refractivity contribution in [1.29, 1.82) is 0 Å². The highest BCUT2D eigenvalue weighted by molar-refractivity contribution is 6.69. The molecule has 0 N–H and O–H groups in total. The molecule has 21 heavy (non-hydrogen) atoms. The Balaban J connectivity index is 0.000000547. The minimum atomic E-state index is -1.39. The zero-order valence-electron chi connectivity index (χ0n) is 14.5. The van der Waals surface area contributed by atoms with Crippen molar-refractivity contribution in [3.05, 3.63) is 24.8 Å². The lowest BCUT2D eigenvalue weighted by Crippen LogP contribution is -2.30. The van der Waals surface area contributed by atoms with Crippen LogP contribution in [0.4, 0.5) is 0 Å². The second-order valence-electron chi connectivity index (χ2n) is 6.61. The molecular formula is C18H34O2Si. The minimum absolute atomic E-state index is 0.273. The average Bonchev–Trinajstić information content (AvgIpc) is 2.87. The highest BCUT2D eigenvalue weighted by atomic mass is 28.4. The van der Waals surface area contributed by atoms with Gasteiger partial charge in [-0.1, -0.05) is 51.2 Å². The first kappa shape index (κ1) is 20.3. The summed E-state index contributed by atoms with van der Waals surface area (Å²) in [5.74, 6) is 0.273. The van der Waals surface area contributed by atoms with Gasteiger partial charge >= 0.3 is 0 Å². The first-order valence-electron chi connectivity index (χ1n) is 8.38. The molecule has 0 radical (unpaired) electrons. The van der Waals surface area contributed by atoms with Crippen molar-refractivity contribution in [2.75, 3.05) is 0 Å². The molecule has 0 aromatic heterocycles. The molecule has 2 nitrogen and oxygen atoms in total. The van der Waals surface area contributed by atoms with Crippen LogP contribution in [-0.4, -0.2) is 20.2 Å². The van der Waals surface area contributed by atoms with Crippen LogP contribution in [0.1, 0.15) is 58.3 Å². The third-order valence-corrected chi connectivity index (χ3v) is 4.23. The number of allylic oxidation sites excluding steroid dienone is 2. The maximum Gasteiger partial charge on any atom is 0.184 e. The zero-order valence-corrected chi connectivity index (χ0v) is 15.5. The van der Waals surface area contributed by atoms with E-state index >= 15 is 0 Å². The van der Waals surface area contributed by atoms with Crippen LogP contribution in [-0.2, 0) is 9.22 Å². The Hall–Kier alpha value is -0.673. The number of hydrogen-bond donors (Lipinski definition) is 0. The van der Waals surface area contributed by atoms with Gasteiger partial charge in [0.25, 0.3) is 0 Å². The smallest absolute Gasteiger partial charge is 0.184 e. The summed E-state index contributed by atoms with van der Waals surface area (Å²) in [6, 6.07) is 0. The Bertz CT molecular complexity index is 316. The van der Waals surface area contributed by atoms with Gasteiger partial charge in [-0.15, -0.1) is 6.58 Å². The number of rotatable bonds is 9. The predicted octanol–water partition coefficient (Wildman–Crippen LogP) is 5.66. The molecule has 1 aliphatic carbocycles. The van der Waals surface area contributed by atoms with Gasteiger partial charge in [0.1, 0.15) is 0 Å². The molecule has 0 saturated carbocycles. The molecule has 0 saturated heterocycles. The van der Waals surface area contributed by atoms with E-state index in [1.807, 2.05) is 12.2 Å². The van der Waals surface area contributed by atoms with Gasteiger partial charge in [-0.25, -0.2) is 0 Å². The lowest BCUT2D eigenvalue weighted by Gasteiger charge is -2.24. The largest absolute Gasteiger partial charge is 0.411 e. The number of ketones is 1.